The minimum atomic E-state index is -4.07. The first kappa shape index (κ1) is 15.9. The lowest BCUT2D eigenvalue weighted by molar-refractivity contribution is 0.0746. The average Bonchev–Trinajstić information content (AvgIpc) is 2.40. The molecule has 2 aromatic rings. The third-order valence-electron chi connectivity index (χ3n) is 2.50. The van der Waals surface area contributed by atoms with Crippen molar-refractivity contribution < 1.29 is 22.9 Å². The number of rotatable bonds is 3. The van der Waals surface area contributed by atoms with Crippen molar-refractivity contribution >= 4 is 16.1 Å². The standard InChI is InChI=1S/C14H12O4S.H2O/c1-11-7-9-13(10-8-11)19(16,17)18-14(15)12-5-3-2-4-6-12;/h2-10H,1H3;1H2. The maximum Gasteiger partial charge on any atom is 0.354 e. The van der Waals surface area contributed by atoms with Crippen LogP contribution in [0, 0.1) is 6.92 Å². The first-order valence-corrected chi connectivity index (χ1v) is 7.00. The predicted molar refractivity (Wildman–Crippen MR) is 73.8 cm³/mol. The fraction of sp³-hybridized carbons (Fsp3) is 0.0714. The van der Waals surface area contributed by atoms with Gasteiger partial charge in [0.2, 0.25) is 0 Å². The van der Waals surface area contributed by atoms with Crippen molar-refractivity contribution in [3.8, 4) is 0 Å². The third kappa shape index (κ3) is 3.66. The maximum atomic E-state index is 11.9. The molecule has 0 fully saturated rings. The Kier molecular flexibility index (Phi) is 5.01. The van der Waals surface area contributed by atoms with Gasteiger partial charge in [-0.25, -0.2) is 4.79 Å². The van der Waals surface area contributed by atoms with E-state index in [1.165, 1.54) is 24.3 Å². The van der Waals surface area contributed by atoms with E-state index in [-0.39, 0.29) is 15.9 Å². The van der Waals surface area contributed by atoms with Crippen molar-refractivity contribution in [3.63, 3.8) is 0 Å². The third-order valence-corrected chi connectivity index (χ3v) is 3.72. The van der Waals surface area contributed by atoms with E-state index < -0.39 is 16.1 Å². The Bertz CT molecular complexity index is 675. The SMILES string of the molecule is Cc1ccc(S(=O)(=O)OC(=O)c2ccccc2)cc1.O. The molecule has 106 valence electrons. The average molecular weight is 294 g/mol. The van der Waals surface area contributed by atoms with Gasteiger partial charge in [-0.15, -0.1) is 0 Å². The van der Waals surface area contributed by atoms with Gasteiger partial charge < -0.3 is 9.66 Å². The Morgan fingerprint density at radius 2 is 1.50 bits per heavy atom. The van der Waals surface area contributed by atoms with E-state index in [1.807, 2.05) is 6.92 Å². The molecule has 6 heteroatoms. The summed E-state index contributed by atoms with van der Waals surface area (Å²) in [4.78, 5) is 11.7. The fourth-order valence-corrected chi connectivity index (χ4v) is 2.34. The molecule has 0 spiro atoms. The minimum Gasteiger partial charge on any atom is -0.412 e. The Morgan fingerprint density at radius 3 is 2.05 bits per heavy atom. The van der Waals surface area contributed by atoms with Gasteiger partial charge in [-0.2, -0.15) is 8.42 Å². The zero-order valence-electron chi connectivity index (χ0n) is 10.7. The van der Waals surface area contributed by atoms with Gasteiger partial charge in [0.1, 0.15) is 4.90 Å². The molecule has 0 saturated heterocycles. The minimum absolute atomic E-state index is 0. The maximum absolute atomic E-state index is 11.9. The molecule has 2 rings (SSSR count). The van der Waals surface area contributed by atoms with Crippen molar-refractivity contribution in [2.75, 3.05) is 0 Å². The molecule has 0 heterocycles. The predicted octanol–water partition coefficient (Wildman–Crippen LogP) is 1.72. The van der Waals surface area contributed by atoms with E-state index in [2.05, 4.69) is 4.18 Å². The number of hydrogen-bond donors (Lipinski definition) is 0. The summed E-state index contributed by atoms with van der Waals surface area (Å²) in [6.45, 7) is 1.84. The number of carbonyl (C=O) groups excluding carboxylic acids is 1. The number of hydrogen-bond acceptors (Lipinski definition) is 4. The summed E-state index contributed by atoms with van der Waals surface area (Å²) in [5.74, 6) is -0.888. The first-order valence-electron chi connectivity index (χ1n) is 5.59. The van der Waals surface area contributed by atoms with Crippen molar-refractivity contribution in [3.05, 3.63) is 65.7 Å². The molecule has 5 nitrogen and oxygen atoms in total. The van der Waals surface area contributed by atoms with Gasteiger partial charge in [-0.1, -0.05) is 35.9 Å². The molecule has 0 atom stereocenters. The van der Waals surface area contributed by atoms with Gasteiger partial charge in [-0.05, 0) is 31.2 Å². The van der Waals surface area contributed by atoms with Crippen molar-refractivity contribution in [2.24, 2.45) is 0 Å². The summed E-state index contributed by atoms with van der Waals surface area (Å²) in [5.41, 5.74) is 1.12. The molecular formula is C14H14O5S. The van der Waals surface area contributed by atoms with E-state index in [9.17, 15) is 13.2 Å². The molecule has 0 bridgehead atoms. The van der Waals surface area contributed by atoms with Gasteiger partial charge >= 0.3 is 16.1 Å². The zero-order valence-corrected chi connectivity index (χ0v) is 11.6. The monoisotopic (exact) mass is 294 g/mol. The van der Waals surface area contributed by atoms with Crippen LogP contribution in [-0.2, 0) is 14.3 Å². The second-order valence-electron chi connectivity index (χ2n) is 4.00. The highest BCUT2D eigenvalue weighted by Crippen LogP contribution is 2.15. The van der Waals surface area contributed by atoms with Gasteiger partial charge in [-0.3, -0.25) is 0 Å². The molecule has 0 unspecified atom stereocenters. The molecule has 0 aliphatic heterocycles. The molecular weight excluding hydrogens is 280 g/mol. The summed E-state index contributed by atoms with van der Waals surface area (Å²) >= 11 is 0. The molecule has 0 saturated carbocycles. The van der Waals surface area contributed by atoms with Crippen LogP contribution >= 0.6 is 0 Å². The summed E-state index contributed by atoms with van der Waals surface area (Å²) in [6.07, 6.45) is 0. The fourth-order valence-electron chi connectivity index (χ4n) is 1.48. The van der Waals surface area contributed by atoms with Crippen LogP contribution in [0.15, 0.2) is 59.5 Å². The van der Waals surface area contributed by atoms with E-state index in [0.29, 0.717) is 0 Å². The highest BCUT2D eigenvalue weighted by atomic mass is 32.2. The first-order chi connectivity index (χ1) is 8.99. The van der Waals surface area contributed by atoms with E-state index >= 15 is 0 Å². The lowest BCUT2D eigenvalue weighted by atomic mass is 10.2. The smallest absolute Gasteiger partial charge is 0.354 e. The quantitative estimate of drug-likeness (QED) is 0.806. The molecule has 20 heavy (non-hydrogen) atoms. The van der Waals surface area contributed by atoms with Crippen molar-refractivity contribution in [2.45, 2.75) is 11.8 Å². The second-order valence-corrected chi connectivity index (χ2v) is 5.55. The molecule has 2 aromatic carbocycles. The van der Waals surface area contributed by atoms with Gasteiger partial charge in [0.15, 0.2) is 0 Å². The second kappa shape index (κ2) is 6.31. The normalized spacial score (nSPS) is 10.4. The van der Waals surface area contributed by atoms with E-state index in [1.54, 1.807) is 30.3 Å². The summed E-state index contributed by atoms with van der Waals surface area (Å²) in [6, 6.07) is 14.1. The molecule has 0 aliphatic carbocycles. The Morgan fingerprint density at radius 1 is 0.950 bits per heavy atom. The lowest BCUT2D eigenvalue weighted by Crippen LogP contribution is -2.13. The van der Waals surface area contributed by atoms with Gasteiger partial charge in [0, 0.05) is 0 Å². The van der Waals surface area contributed by atoms with Crippen LogP contribution in [0.5, 0.6) is 0 Å². The van der Waals surface area contributed by atoms with E-state index in [0.717, 1.165) is 5.56 Å². The number of benzene rings is 2. The summed E-state index contributed by atoms with van der Waals surface area (Å²) < 4.78 is 28.4. The Hall–Kier alpha value is -2.18. The van der Waals surface area contributed by atoms with Crippen LogP contribution in [0.4, 0.5) is 0 Å². The molecule has 0 aliphatic rings. The summed E-state index contributed by atoms with van der Waals surface area (Å²) in [5, 5.41) is 0. The van der Waals surface area contributed by atoms with Crippen LogP contribution in [0.3, 0.4) is 0 Å². The van der Waals surface area contributed by atoms with Crippen LogP contribution < -0.4 is 0 Å². The summed E-state index contributed by atoms with van der Waals surface area (Å²) in [7, 11) is -4.07. The van der Waals surface area contributed by atoms with Crippen LogP contribution in [-0.4, -0.2) is 19.9 Å². The van der Waals surface area contributed by atoms with Gasteiger partial charge in [0.05, 0.1) is 5.56 Å². The molecule has 0 aromatic heterocycles. The van der Waals surface area contributed by atoms with Crippen molar-refractivity contribution in [1.29, 1.82) is 0 Å². The Labute approximate surface area is 117 Å². The zero-order chi connectivity index (χ0) is 13.9. The molecule has 2 N–H and O–H groups in total. The topological polar surface area (TPSA) is 91.9 Å². The van der Waals surface area contributed by atoms with Crippen LogP contribution in [0.25, 0.3) is 0 Å². The number of aryl methyl sites for hydroxylation is 1. The van der Waals surface area contributed by atoms with Crippen LogP contribution in [0.2, 0.25) is 0 Å². The Balaban J connectivity index is 0.00000200. The van der Waals surface area contributed by atoms with E-state index in [4.69, 9.17) is 0 Å². The number of carbonyl (C=O) groups is 1. The molecule has 0 radical (unpaired) electrons. The highest BCUT2D eigenvalue weighted by molar-refractivity contribution is 7.87. The lowest BCUT2D eigenvalue weighted by Gasteiger charge is -2.05. The van der Waals surface area contributed by atoms with Crippen LogP contribution in [0.1, 0.15) is 15.9 Å². The highest BCUT2D eigenvalue weighted by Gasteiger charge is 2.20. The largest absolute Gasteiger partial charge is 0.412 e. The van der Waals surface area contributed by atoms with Gasteiger partial charge in [0.25, 0.3) is 0 Å². The molecule has 0 amide bonds. The van der Waals surface area contributed by atoms with Crippen molar-refractivity contribution in [1.82, 2.24) is 0 Å².